The van der Waals surface area contributed by atoms with E-state index in [-0.39, 0.29) is 0 Å². The monoisotopic (exact) mass is 280 g/mol. The van der Waals surface area contributed by atoms with Gasteiger partial charge >= 0.3 is 0 Å². The summed E-state index contributed by atoms with van der Waals surface area (Å²) in [5, 5.41) is 0. The number of nitrogen functional groups attached to an aromatic ring is 1. The average molecular weight is 280 g/mol. The molecule has 0 spiro atoms. The van der Waals surface area contributed by atoms with Crippen molar-refractivity contribution in [2.45, 2.75) is 11.3 Å². The van der Waals surface area contributed by atoms with Crippen LogP contribution >= 0.6 is 11.8 Å². The van der Waals surface area contributed by atoms with Gasteiger partial charge in [0.15, 0.2) is 0 Å². The Morgan fingerprint density at radius 3 is 2.50 bits per heavy atom. The van der Waals surface area contributed by atoms with E-state index in [1.54, 1.807) is 6.20 Å². The summed E-state index contributed by atoms with van der Waals surface area (Å²) < 4.78 is 0. The molecule has 2 aromatic rings. The zero-order chi connectivity index (χ0) is 13.9. The average Bonchev–Trinajstić information content (AvgIpc) is 2.89. The summed E-state index contributed by atoms with van der Waals surface area (Å²) in [6.45, 7) is 0. The summed E-state index contributed by atoms with van der Waals surface area (Å²) >= 11 is 1.82. The third-order valence-corrected chi connectivity index (χ3v) is 4.57. The van der Waals surface area contributed by atoms with Crippen molar-refractivity contribution >= 4 is 23.0 Å². The molecule has 2 nitrogen and oxygen atoms in total. The molecule has 4 N–H and O–H groups in total. The zero-order valence-electron chi connectivity index (χ0n) is 11.0. The molecule has 0 bridgehead atoms. The van der Waals surface area contributed by atoms with Crippen LogP contribution < -0.4 is 11.5 Å². The van der Waals surface area contributed by atoms with Crippen LogP contribution in [0.1, 0.15) is 11.1 Å². The number of fused-ring (bicyclic) bond motifs is 1. The molecule has 0 aromatic heterocycles. The number of allylic oxidation sites excluding steroid dienone is 3. The molecule has 2 aromatic carbocycles. The quantitative estimate of drug-likeness (QED) is 0.823. The lowest BCUT2D eigenvalue weighted by Crippen LogP contribution is -1.90. The van der Waals surface area contributed by atoms with Crippen LogP contribution in [-0.2, 0) is 6.42 Å². The molecule has 20 heavy (non-hydrogen) atoms. The first-order chi connectivity index (χ1) is 9.78. The summed E-state index contributed by atoms with van der Waals surface area (Å²) in [5.41, 5.74) is 15.9. The largest absolute Gasteiger partial charge is 0.405 e. The number of hydrogen-bond acceptors (Lipinski definition) is 3. The number of benzene rings is 2. The van der Waals surface area contributed by atoms with Gasteiger partial charge in [-0.3, -0.25) is 0 Å². The van der Waals surface area contributed by atoms with E-state index >= 15 is 0 Å². The Hall–Kier alpha value is -2.13. The smallest absolute Gasteiger partial charge is 0.0314 e. The predicted octanol–water partition coefficient (Wildman–Crippen LogP) is 3.80. The van der Waals surface area contributed by atoms with Crippen LogP contribution in [0, 0.1) is 0 Å². The molecule has 0 amide bonds. The third-order valence-electron chi connectivity index (χ3n) is 3.34. The zero-order valence-corrected chi connectivity index (χ0v) is 11.9. The summed E-state index contributed by atoms with van der Waals surface area (Å²) in [6, 6.07) is 16.4. The summed E-state index contributed by atoms with van der Waals surface area (Å²) in [6.07, 6.45) is 4.53. The maximum absolute atomic E-state index is 5.76. The van der Waals surface area contributed by atoms with Crippen LogP contribution in [0.3, 0.4) is 0 Å². The lowest BCUT2D eigenvalue weighted by Gasteiger charge is -2.07. The van der Waals surface area contributed by atoms with E-state index in [0.29, 0.717) is 0 Å². The van der Waals surface area contributed by atoms with Gasteiger partial charge in [-0.25, -0.2) is 0 Å². The molecular formula is C17H16N2S. The van der Waals surface area contributed by atoms with Crippen molar-refractivity contribution in [1.82, 2.24) is 0 Å². The van der Waals surface area contributed by atoms with E-state index in [1.807, 2.05) is 42.1 Å². The maximum Gasteiger partial charge on any atom is 0.0314 e. The van der Waals surface area contributed by atoms with Gasteiger partial charge in [-0.15, -0.1) is 0 Å². The highest BCUT2D eigenvalue weighted by molar-refractivity contribution is 8.03. The van der Waals surface area contributed by atoms with Gasteiger partial charge in [0.1, 0.15) is 0 Å². The normalized spacial score (nSPS) is 16.4. The van der Waals surface area contributed by atoms with Crippen molar-refractivity contribution in [3.05, 3.63) is 76.8 Å². The van der Waals surface area contributed by atoms with E-state index in [1.165, 1.54) is 20.9 Å². The lowest BCUT2D eigenvalue weighted by atomic mass is 10.0. The van der Waals surface area contributed by atoms with Crippen LogP contribution in [-0.4, -0.2) is 0 Å². The number of rotatable bonds is 2. The van der Waals surface area contributed by atoms with E-state index < -0.39 is 0 Å². The van der Waals surface area contributed by atoms with Crippen molar-refractivity contribution in [3.8, 4) is 0 Å². The molecule has 0 atom stereocenters. The second-order valence-corrected chi connectivity index (χ2v) is 5.84. The van der Waals surface area contributed by atoms with Crippen LogP contribution in [0.5, 0.6) is 0 Å². The van der Waals surface area contributed by atoms with Gasteiger partial charge in [0.2, 0.25) is 0 Å². The van der Waals surface area contributed by atoms with Crippen LogP contribution in [0.4, 0.5) is 5.69 Å². The van der Waals surface area contributed by atoms with Gasteiger partial charge in [0, 0.05) is 21.9 Å². The van der Waals surface area contributed by atoms with E-state index in [0.717, 1.165) is 17.7 Å². The van der Waals surface area contributed by atoms with Crippen molar-refractivity contribution < 1.29 is 0 Å². The van der Waals surface area contributed by atoms with E-state index in [4.69, 9.17) is 11.5 Å². The van der Waals surface area contributed by atoms with Gasteiger partial charge in [-0.2, -0.15) is 0 Å². The molecule has 3 rings (SSSR count). The summed E-state index contributed by atoms with van der Waals surface area (Å²) in [5.74, 6) is 0. The van der Waals surface area contributed by atoms with Crippen LogP contribution in [0.2, 0.25) is 0 Å². The van der Waals surface area contributed by atoms with Gasteiger partial charge in [0.05, 0.1) is 0 Å². The minimum Gasteiger partial charge on any atom is -0.405 e. The topological polar surface area (TPSA) is 52.0 Å². The fourth-order valence-electron chi connectivity index (χ4n) is 2.35. The Balaban J connectivity index is 2.04. The Morgan fingerprint density at radius 1 is 1.05 bits per heavy atom. The minimum absolute atomic E-state index is 0.775. The molecule has 0 unspecified atom stereocenters. The molecule has 0 saturated carbocycles. The fourth-order valence-corrected chi connectivity index (χ4v) is 3.56. The van der Waals surface area contributed by atoms with Crippen molar-refractivity contribution in [1.29, 1.82) is 0 Å². The first-order valence-corrected chi connectivity index (χ1v) is 7.32. The number of anilines is 1. The molecule has 0 aliphatic carbocycles. The first kappa shape index (κ1) is 12.9. The minimum atomic E-state index is 0.775. The third kappa shape index (κ3) is 2.45. The van der Waals surface area contributed by atoms with Crippen molar-refractivity contribution in [2.24, 2.45) is 5.73 Å². The highest BCUT2D eigenvalue weighted by atomic mass is 32.2. The first-order valence-electron chi connectivity index (χ1n) is 6.51. The second-order valence-electron chi connectivity index (χ2n) is 4.70. The molecule has 0 fully saturated rings. The van der Waals surface area contributed by atoms with Crippen LogP contribution in [0.15, 0.2) is 70.6 Å². The number of hydrogen-bond donors (Lipinski definition) is 2. The molecule has 1 heterocycles. The molecule has 0 saturated heterocycles. The molecule has 1 aliphatic heterocycles. The van der Waals surface area contributed by atoms with Crippen molar-refractivity contribution in [3.63, 3.8) is 0 Å². The molecule has 100 valence electrons. The lowest BCUT2D eigenvalue weighted by molar-refractivity contribution is 1.21. The Bertz CT molecular complexity index is 657. The standard InChI is InChI=1S/C17H16N2S/c18-10-9-15(12-5-7-14(19)8-6-12)17-11-13-3-1-2-4-16(13)20-17/h1-10H,11,18-19H2/b10-9-,17-15-. The molecule has 3 heteroatoms. The van der Waals surface area contributed by atoms with Gasteiger partial charge < -0.3 is 11.5 Å². The fraction of sp³-hybridized carbons (Fsp3) is 0.0588. The Labute approximate surface area is 123 Å². The van der Waals surface area contributed by atoms with Crippen LogP contribution in [0.25, 0.3) is 5.57 Å². The molecular weight excluding hydrogens is 264 g/mol. The molecule has 0 radical (unpaired) electrons. The number of thioether (sulfide) groups is 1. The Morgan fingerprint density at radius 2 is 1.80 bits per heavy atom. The highest BCUT2D eigenvalue weighted by Gasteiger charge is 2.19. The summed E-state index contributed by atoms with van der Waals surface area (Å²) in [4.78, 5) is 2.67. The van der Waals surface area contributed by atoms with E-state index in [9.17, 15) is 0 Å². The molecule has 1 aliphatic rings. The van der Waals surface area contributed by atoms with Gasteiger partial charge in [-0.05, 0) is 47.2 Å². The Kier molecular flexibility index (Phi) is 3.52. The van der Waals surface area contributed by atoms with Crippen molar-refractivity contribution in [2.75, 3.05) is 5.73 Å². The maximum atomic E-state index is 5.76. The van der Waals surface area contributed by atoms with Gasteiger partial charge in [-0.1, -0.05) is 42.1 Å². The summed E-state index contributed by atoms with van der Waals surface area (Å²) in [7, 11) is 0. The predicted molar refractivity (Wildman–Crippen MR) is 87.1 cm³/mol. The van der Waals surface area contributed by atoms with E-state index in [2.05, 4.69) is 24.3 Å². The highest BCUT2D eigenvalue weighted by Crippen LogP contribution is 2.43. The van der Waals surface area contributed by atoms with Gasteiger partial charge in [0.25, 0.3) is 0 Å². The second kappa shape index (κ2) is 5.47. The SMILES string of the molecule is N/C=C\C(=C1/Cc2ccccc2S1)c1ccc(N)cc1. The number of nitrogens with two attached hydrogens (primary N) is 2.